The maximum atomic E-state index is 8.79. The molecule has 1 aromatic heterocycles. The molecule has 1 aromatic rings. The Bertz CT molecular complexity index is 345. The predicted octanol–water partition coefficient (Wildman–Crippen LogP) is 1.38. The Morgan fingerprint density at radius 3 is 2.86 bits per heavy atom. The van der Waals surface area contributed by atoms with Crippen LogP contribution in [0.3, 0.4) is 0 Å². The largest absolute Gasteiger partial charge is 0.314 e. The molecule has 2 atom stereocenters. The second-order valence-electron chi connectivity index (χ2n) is 4.08. The highest BCUT2D eigenvalue weighted by Crippen LogP contribution is 2.17. The van der Waals surface area contributed by atoms with Crippen LogP contribution in [0.4, 0.5) is 0 Å². The summed E-state index contributed by atoms with van der Waals surface area (Å²) in [5.74, 6) is 0. The van der Waals surface area contributed by atoms with Crippen molar-refractivity contribution in [2.45, 2.75) is 38.8 Å². The molecule has 0 aliphatic heterocycles. The van der Waals surface area contributed by atoms with Crippen LogP contribution >= 0.6 is 0 Å². The number of aryl methyl sites for hydroxylation is 1. The molecule has 0 aliphatic carbocycles. The van der Waals surface area contributed by atoms with Crippen LogP contribution in [0.5, 0.6) is 0 Å². The Morgan fingerprint density at radius 1 is 1.79 bits per heavy atom. The van der Waals surface area contributed by atoms with Crippen molar-refractivity contribution in [1.29, 1.82) is 5.26 Å². The van der Waals surface area contributed by atoms with E-state index in [0.29, 0.717) is 6.42 Å². The first kappa shape index (κ1) is 10.7. The summed E-state index contributed by atoms with van der Waals surface area (Å²) in [4.78, 5) is 0. The number of hydrogen-bond donors (Lipinski definition) is 1. The molecule has 0 bridgehead atoms. The van der Waals surface area contributed by atoms with E-state index < -0.39 is 5.54 Å². The number of rotatable bonds is 3. The molecular formula is C10H16N4. The zero-order valence-electron chi connectivity index (χ0n) is 8.86. The number of hydrogen-bond acceptors (Lipinski definition) is 3. The van der Waals surface area contributed by atoms with E-state index in [9.17, 15) is 0 Å². The summed E-state index contributed by atoms with van der Waals surface area (Å²) in [7, 11) is 0. The van der Waals surface area contributed by atoms with Crippen LogP contribution in [0, 0.1) is 18.3 Å². The Morgan fingerprint density at radius 2 is 2.43 bits per heavy atom. The van der Waals surface area contributed by atoms with Crippen molar-refractivity contribution in [2.24, 2.45) is 5.73 Å². The molecular weight excluding hydrogens is 176 g/mol. The molecule has 0 spiro atoms. The normalized spacial score (nSPS) is 17.1. The molecule has 2 unspecified atom stereocenters. The third-order valence-electron chi connectivity index (χ3n) is 2.16. The predicted molar refractivity (Wildman–Crippen MR) is 54.5 cm³/mol. The molecule has 76 valence electrons. The smallest absolute Gasteiger partial charge is 0.103 e. The van der Waals surface area contributed by atoms with Crippen LogP contribution in [0.25, 0.3) is 0 Å². The average Bonchev–Trinajstić information content (AvgIpc) is 2.51. The van der Waals surface area contributed by atoms with E-state index in [2.05, 4.69) is 11.2 Å². The fourth-order valence-corrected chi connectivity index (χ4v) is 1.43. The van der Waals surface area contributed by atoms with Crippen molar-refractivity contribution >= 4 is 0 Å². The maximum absolute atomic E-state index is 8.79. The van der Waals surface area contributed by atoms with Gasteiger partial charge in [0.25, 0.3) is 0 Å². The fourth-order valence-electron chi connectivity index (χ4n) is 1.43. The first-order valence-electron chi connectivity index (χ1n) is 4.65. The lowest BCUT2D eigenvalue weighted by Crippen LogP contribution is -2.36. The van der Waals surface area contributed by atoms with Gasteiger partial charge in [0.15, 0.2) is 0 Å². The van der Waals surface area contributed by atoms with E-state index in [4.69, 9.17) is 11.0 Å². The van der Waals surface area contributed by atoms with Gasteiger partial charge < -0.3 is 5.73 Å². The Hall–Kier alpha value is -1.34. The molecule has 0 fully saturated rings. The molecule has 0 amide bonds. The van der Waals surface area contributed by atoms with Crippen molar-refractivity contribution in [3.05, 3.63) is 18.0 Å². The Kier molecular flexibility index (Phi) is 2.92. The fraction of sp³-hybridized carbons (Fsp3) is 0.600. The summed E-state index contributed by atoms with van der Waals surface area (Å²) in [6.07, 6.45) is 4.36. The zero-order valence-corrected chi connectivity index (χ0v) is 8.86. The highest BCUT2D eigenvalue weighted by Gasteiger charge is 2.22. The topological polar surface area (TPSA) is 67.6 Å². The summed E-state index contributed by atoms with van der Waals surface area (Å²) >= 11 is 0. The molecule has 0 aliphatic rings. The quantitative estimate of drug-likeness (QED) is 0.786. The second kappa shape index (κ2) is 3.81. The number of nitrogens with zero attached hydrogens (tertiary/aromatic N) is 3. The van der Waals surface area contributed by atoms with Crippen LogP contribution in [-0.4, -0.2) is 15.3 Å². The van der Waals surface area contributed by atoms with E-state index in [1.807, 2.05) is 24.7 Å². The van der Waals surface area contributed by atoms with E-state index in [1.165, 1.54) is 0 Å². The summed E-state index contributed by atoms with van der Waals surface area (Å²) in [5.41, 5.74) is 6.10. The van der Waals surface area contributed by atoms with Gasteiger partial charge in [-0.25, -0.2) is 0 Å². The molecule has 1 heterocycles. The minimum absolute atomic E-state index is 0.151. The molecule has 0 saturated carbocycles. The molecule has 4 heteroatoms. The molecule has 2 N–H and O–H groups in total. The van der Waals surface area contributed by atoms with Crippen molar-refractivity contribution in [1.82, 2.24) is 9.78 Å². The lowest BCUT2D eigenvalue weighted by Gasteiger charge is -2.20. The number of aromatic nitrogens is 2. The number of nitrogens with two attached hydrogens (primary N) is 1. The third kappa shape index (κ3) is 2.57. The van der Waals surface area contributed by atoms with Crippen molar-refractivity contribution in [2.75, 3.05) is 0 Å². The van der Waals surface area contributed by atoms with Gasteiger partial charge in [-0.3, -0.25) is 4.68 Å². The highest BCUT2D eigenvalue weighted by molar-refractivity contribution is 5.04. The van der Waals surface area contributed by atoms with Crippen LogP contribution in [-0.2, 0) is 0 Å². The molecule has 0 saturated heterocycles. The van der Waals surface area contributed by atoms with Crippen LogP contribution in [0.2, 0.25) is 0 Å². The van der Waals surface area contributed by atoms with Gasteiger partial charge in [-0.1, -0.05) is 0 Å². The first-order valence-corrected chi connectivity index (χ1v) is 4.65. The van der Waals surface area contributed by atoms with Crippen LogP contribution < -0.4 is 5.73 Å². The lowest BCUT2D eigenvalue weighted by atomic mass is 9.97. The summed E-state index contributed by atoms with van der Waals surface area (Å²) in [5, 5.41) is 13.0. The van der Waals surface area contributed by atoms with Gasteiger partial charge in [-0.05, 0) is 26.3 Å². The summed E-state index contributed by atoms with van der Waals surface area (Å²) < 4.78 is 1.85. The molecule has 4 nitrogen and oxygen atoms in total. The van der Waals surface area contributed by atoms with E-state index in [1.54, 1.807) is 13.1 Å². The minimum Gasteiger partial charge on any atom is -0.314 e. The van der Waals surface area contributed by atoms with Gasteiger partial charge in [-0.2, -0.15) is 10.4 Å². The Balaban J connectivity index is 2.69. The summed E-state index contributed by atoms with van der Waals surface area (Å²) in [6, 6.07) is 2.24. The van der Waals surface area contributed by atoms with E-state index in [0.717, 1.165) is 5.56 Å². The second-order valence-corrected chi connectivity index (χ2v) is 4.08. The van der Waals surface area contributed by atoms with Crippen LogP contribution in [0.15, 0.2) is 12.4 Å². The van der Waals surface area contributed by atoms with Crippen molar-refractivity contribution < 1.29 is 0 Å². The Labute approximate surface area is 84.3 Å². The maximum Gasteiger partial charge on any atom is 0.103 e. The third-order valence-corrected chi connectivity index (χ3v) is 2.16. The van der Waals surface area contributed by atoms with E-state index >= 15 is 0 Å². The lowest BCUT2D eigenvalue weighted by molar-refractivity contribution is 0.386. The monoisotopic (exact) mass is 192 g/mol. The zero-order chi connectivity index (χ0) is 10.8. The van der Waals surface area contributed by atoms with Gasteiger partial charge in [0.2, 0.25) is 0 Å². The van der Waals surface area contributed by atoms with Gasteiger partial charge in [0, 0.05) is 12.6 Å². The van der Waals surface area contributed by atoms with Crippen molar-refractivity contribution in [3.8, 4) is 6.07 Å². The SMILES string of the molecule is Cc1cnn(C(C)CC(C)(N)C#N)c1. The first-order chi connectivity index (χ1) is 6.44. The van der Waals surface area contributed by atoms with Gasteiger partial charge in [0.05, 0.1) is 18.3 Å². The van der Waals surface area contributed by atoms with Crippen LogP contribution in [0.1, 0.15) is 31.9 Å². The molecule has 0 aromatic carbocycles. The molecule has 1 rings (SSSR count). The van der Waals surface area contributed by atoms with Crippen molar-refractivity contribution in [3.63, 3.8) is 0 Å². The molecule has 0 radical (unpaired) electrons. The van der Waals surface area contributed by atoms with E-state index in [-0.39, 0.29) is 6.04 Å². The van der Waals surface area contributed by atoms with Gasteiger partial charge in [-0.15, -0.1) is 0 Å². The highest BCUT2D eigenvalue weighted by atomic mass is 15.3. The van der Waals surface area contributed by atoms with Gasteiger partial charge >= 0.3 is 0 Å². The summed E-state index contributed by atoms with van der Waals surface area (Å²) in [6.45, 7) is 5.73. The van der Waals surface area contributed by atoms with Gasteiger partial charge in [0.1, 0.15) is 5.54 Å². The standard InChI is InChI=1S/C10H16N4/c1-8-5-13-14(6-8)9(2)4-10(3,12)7-11/h5-6,9H,4,12H2,1-3H3. The molecule has 14 heavy (non-hydrogen) atoms. The number of nitriles is 1. The minimum atomic E-state index is -0.779. The average molecular weight is 192 g/mol.